The Morgan fingerprint density at radius 1 is 1.56 bits per heavy atom. The van der Waals surface area contributed by atoms with E-state index in [4.69, 9.17) is 5.26 Å². The highest BCUT2D eigenvalue weighted by Crippen LogP contribution is 2.30. The van der Waals surface area contributed by atoms with Crippen molar-refractivity contribution in [3.63, 3.8) is 0 Å². The summed E-state index contributed by atoms with van der Waals surface area (Å²) in [4.78, 5) is 14.8. The molecule has 96 valence electrons. The van der Waals surface area contributed by atoms with Gasteiger partial charge in [-0.05, 0) is 18.6 Å². The summed E-state index contributed by atoms with van der Waals surface area (Å²) < 4.78 is 41.6. The van der Waals surface area contributed by atoms with Crippen molar-refractivity contribution in [3.05, 3.63) is 29.1 Å². The highest BCUT2D eigenvalue weighted by molar-refractivity contribution is 5.81. The van der Waals surface area contributed by atoms with Crippen LogP contribution in [0.4, 0.5) is 13.2 Å². The van der Waals surface area contributed by atoms with E-state index in [0.29, 0.717) is 6.20 Å². The lowest BCUT2D eigenvalue weighted by atomic mass is 10.0. The van der Waals surface area contributed by atoms with Gasteiger partial charge in [-0.3, -0.25) is 9.78 Å². The van der Waals surface area contributed by atoms with Gasteiger partial charge in [-0.25, -0.2) is 0 Å². The minimum absolute atomic E-state index is 0.0302. The highest BCUT2D eigenvalue weighted by Gasteiger charge is 2.33. The molecular formula is C11H9F3N2O2. The summed E-state index contributed by atoms with van der Waals surface area (Å²) in [5, 5.41) is 8.82. The molecule has 1 heterocycles. The molecule has 1 atom stereocenters. The molecule has 0 saturated carbocycles. The molecule has 0 saturated heterocycles. The van der Waals surface area contributed by atoms with E-state index in [1.807, 2.05) is 0 Å². The first-order chi connectivity index (χ1) is 8.31. The van der Waals surface area contributed by atoms with Crippen LogP contribution in [-0.4, -0.2) is 18.1 Å². The average Bonchev–Trinajstić information content (AvgIpc) is 2.30. The molecule has 0 aliphatic rings. The van der Waals surface area contributed by atoms with Gasteiger partial charge in [0.2, 0.25) is 0 Å². The SMILES string of the molecule is COC(=O)C(C#N)c1ncc(C(F)(F)F)cc1C. The van der Waals surface area contributed by atoms with E-state index in [-0.39, 0.29) is 11.3 Å². The molecule has 18 heavy (non-hydrogen) atoms. The summed E-state index contributed by atoms with van der Waals surface area (Å²) in [5.74, 6) is -2.18. The largest absolute Gasteiger partial charge is 0.468 e. The molecule has 0 radical (unpaired) electrons. The Balaban J connectivity index is 3.21. The first-order valence-electron chi connectivity index (χ1n) is 4.82. The molecule has 0 fully saturated rings. The van der Waals surface area contributed by atoms with Gasteiger partial charge in [0.05, 0.1) is 24.4 Å². The molecule has 0 spiro atoms. The van der Waals surface area contributed by atoms with Crippen LogP contribution in [0.3, 0.4) is 0 Å². The number of ether oxygens (including phenoxy) is 1. The lowest BCUT2D eigenvalue weighted by Crippen LogP contribution is -2.16. The summed E-state index contributed by atoms with van der Waals surface area (Å²) >= 11 is 0. The fourth-order valence-electron chi connectivity index (χ4n) is 1.39. The van der Waals surface area contributed by atoms with Gasteiger partial charge in [-0.1, -0.05) is 0 Å². The predicted molar refractivity (Wildman–Crippen MR) is 54.3 cm³/mol. The molecule has 7 heteroatoms. The zero-order valence-corrected chi connectivity index (χ0v) is 9.58. The predicted octanol–water partition coefficient (Wildman–Crippen LogP) is 2.19. The molecule has 1 aromatic heterocycles. The van der Waals surface area contributed by atoms with Crippen LogP contribution in [0.15, 0.2) is 12.3 Å². The monoisotopic (exact) mass is 258 g/mol. The van der Waals surface area contributed by atoms with Crippen LogP contribution in [0.5, 0.6) is 0 Å². The lowest BCUT2D eigenvalue weighted by Gasteiger charge is -2.12. The fourth-order valence-corrected chi connectivity index (χ4v) is 1.39. The zero-order valence-electron chi connectivity index (χ0n) is 9.58. The second-order valence-corrected chi connectivity index (χ2v) is 3.51. The molecular weight excluding hydrogens is 249 g/mol. The second-order valence-electron chi connectivity index (χ2n) is 3.51. The maximum absolute atomic E-state index is 12.4. The quantitative estimate of drug-likeness (QED) is 0.763. The van der Waals surface area contributed by atoms with Crippen molar-refractivity contribution in [2.45, 2.75) is 19.0 Å². The number of hydrogen-bond acceptors (Lipinski definition) is 4. The van der Waals surface area contributed by atoms with Gasteiger partial charge in [0, 0.05) is 6.20 Å². The number of methoxy groups -OCH3 is 1. The van der Waals surface area contributed by atoms with Crippen LogP contribution in [0, 0.1) is 18.3 Å². The summed E-state index contributed by atoms with van der Waals surface area (Å²) in [6, 6.07) is 2.49. The van der Waals surface area contributed by atoms with Crippen LogP contribution in [0.1, 0.15) is 22.7 Å². The number of nitrogens with zero attached hydrogens (tertiary/aromatic N) is 2. The summed E-state index contributed by atoms with van der Waals surface area (Å²) in [6.45, 7) is 1.35. The molecule has 0 aliphatic heterocycles. The third-order valence-corrected chi connectivity index (χ3v) is 2.29. The molecule has 1 unspecified atom stereocenters. The van der Waals surface area contributed by atoms with Crippen LogP contribution < -0.4 is 0 Å². The molecule has 0 aliphatic carbocycles. The van der Waals surface area contributed by atoms with E-state index in [1.165, 1.54) is 6.92 Å². The minimum Gasteiger partial charge on any atom is -0.468 e. The standard InChI is InChI=1S/C11H9F3N2O2/c1-6-3-7(11(12,13)14)5-16-9(6)8(4-15)10(17)18-2/h3,5,8H,1-2H3. The Morgan fingerprint density at radius 2 is 2.17 bits per heavy atom. The maximum atomic E-state index is 12.4. The number of carbonyl (C=O) groups excluding carboxylic acids is 1. The fraction of sp³-hybridized carbons (Fsp3) is 0.364. The number of alkyl halides is 3. The molecule has 1 rings (SSSR count). The van der Waals surface area contributed by atoms with Gasteiger partial charge in [0.25, 0.3) is 0 Å². The number of halogens is 3. The van der Waals surface area contributed by atoms with Crippen molar-refractivity contribution in [1.82, 2.24) is 4.98 Å². The number of hydrogen-bond donors (Lipinski definition) is 0. The van der Waals surface area contributed by atoms with Crippen molar-refractivity contribution in [1.29, 1.82) is 5.26 Å². The van der Waals surface area contributed by atoms with Gasteiger partial charge in [0.15, 0.2) is 5.92 Å². The van der Waals surface area contributed by atoms with E-state index in [1.54, 1.807) is 6.07 Å². The van der Waals surface area contributed by atoms with Crippen molar-refractivity contribution in [2.24, 2.45) is 0 Å². The summed E-state index contributed by atoms with van der Waals surface area (Å²) in [5.41, 5.74) is -0.843. The number of aromatic nitrogens is 1. The number of rotatable bonds is 2. The smallest absolute Gasteiger partial charge is 0.417 e. The van der Waals surface area contributed by atoms with Crippen LogP contribution in [0.25, 0.3) is 0 Å². The topological polar surface area (TPSA) is 63.0 Å². The molecule has 0 aromatic carbocycles. The van der Waals surface area contributed by atoms with Crippen molar-refractivity contribution < 1.29 is 22.7 Å². The van der Waals surface area contributed by atoms with Gasteiger partial charge in [-0.15, -0.1) is 0 Å². The second kappa shape index (κ2) is 5.04. The third kappa shape index (κ3) is 2.77. The van der Waals surface area contributed by atoms with E-state index < -0.39 is 23.6 Å². The molecule has 0 bridgehead atoms. The number of aryl methyl sites for hydroxylation is 1. The molecule has 0 amide bonds. The zero-order chi connectivity index (χ0) is 13.9. The first kappa shape index (κ1) is 14.0. The number of pyridine rings is 1. The van der Waals surface area contributed by atoms with E-state index in [9.17, 15) is 18.0 Å². The van der Waals surface area contributed by atoms with Crippen LogP contribution in [-0.2, 0) is 15.7 Å². The van der Waals surface area contributed by atoms with E-state index in [0.717, 1.165) is 13.2 Å². The average molecular weight is 258 g/mol. The maximum Gasteiger partial charge on any atom is 0.417 e. The van der Waals surface area contributed by atoms with Gasteiger partial charge in [0.1, 0.15) is 0 Å². The van der Waals surface area contributed by atoms with Crippen molar-refractivity contribution >= 4 is 5.97 Å². The first-order valence-corrected chi connectivity index (χ1v) is 4.82. The van der Waals surface area contributed by atoms with Gasteiger partial charge < -0.3 is 4.74 Å². The molecule has 4 nitrogen and oxygen atoms in total. The Hall–Kier alpha value is -2.10. The van der Waals surface area contributed by atoms with Crippen LogP contribution >= 0.6 is 0 Å². The van der Waals surface area contributed by atoms with Crippen molar-refractivity contribution in [2.75, 3.05) is 7.11 Å². The molecule has 0 N–H and O–H groups in total. The lowest BCUT2D eigenvalue weighted by molar-refractivity contribution is -0.141. The Bertz CT molecular complexity index is 506. The minimum atomic E-state index is -4.51. The summed E-state index contributed by atoms with van der Waals surface area (Å²) in [6.07, 6.45) is -3.92. The number of carbonyl (C=O) groups is 1. The van der Waals surface area contributed by atoms with Gasteiger partial charge in [-0.2, -0.15) is 18.4 Å². The number of esters is 1. The van der Waals surface area contributed by atoms with Crippen molar-refractivity contribution in [3.8, 4) is 6.07 Å². The third-order valence-electron chi connectivity index (χ3n) is 2.29. The highest BCUT2D eigenvalue weighted by atomic mass is 19.4. The van der Waals surface area contributed by atoms with Crippen LogP contribution in [0.2, 0.25) is 0 Å². The normalized spacial score (nSPS) is 12.7. The Kier molecular flexibility index (Phi) is 3.91. The Labute approximate surface area is 101 Å². The number of nitriles is 1. The van der Waals surface area contributed by atoms with E-state index >= 15 is 0 Å². The van der Waals surface area contributed by atoms with E-state index in [2.05, 4.69) is 9.72 Å². The summed E-state index contributed by atoms with van der Waals surface area (Å²) in [7, 11) is 1.09. The Morgan fingerprint density at radius 3 is 2.56 bits per heavy atom. The molecule has 1 aromatic rings. The van der Waals surface area contributed by atoms with Gasteiger partial charge >= 0.3 is 12.1 Å².